The normalized spacial score (nSPS) is 12.2. The molecule has 0 bridgehead atoms. The number of nitrogens with zero attached hydrogens (tertiary/aromatic N) is 1. The Hall–Kier alpha value is -2.05. The van der Waals surface area contributed by atoms with Crippen LogP contribution in [-0.4, -0.2) is 33.5 Å². The number of benzene rings is 2. The highest BCUT2D eigenvalue weighted by atomic mass is 35.5. The van der Waals surface area contributed by atoms with Gasteiger partial charge in [0.1, 0.15) is 5.58 Å². The summed E-state index contributed by atoms with van der Waals surface area (Å²) in [6.07, 6.45) is 0. The Labute approximate surface area is 157 Å². The molecule has 6 heteroatoms. The van der Waals surface area contributed by atoms with Gasteiger partial charge in [-0.3, -0.25) is 0 Å². The molecule has 2 aromatic carbocycles. The van der Waals surface area contributed by atoms with Crippen molar-refractivity contribution < 1.29 is 14.6 Å². The first-order valence-electron chi connectivity index (χ1n) is 8.42. The fraction of sp³-hybridized carbons (Fsp3) is 0.300. The van der Waals surface area contributed by atoms with E-state index in [9.17, 15) is 10.2 Å². The third-order valence-electron chi connectivity index (χ3n) is 5.02. The van der Waals surface area contributed by atoms with Crippen molar-refractivity contribution in [2.24, 2.45) is 7.05 Å². The van der Waals surface area contributed by atoms with Gasteiger partial charge >= 0.3 is 0 Å². The monoisotopic (exact) mass is 374 g/mol. The molecule has 0 amide bonds. The minimum atomic E-state index is -0.721. The van der Waals surface area contributed by atoms with Crippen molar-refractivity contribution >= 4 is 45.4 Å². The van der Waals surface area contributed by atoms with Crippen LogP contribution in [0.1, 0.15) is 12.5 Å². The first kappa shape index (κ1) is 18.7. The summed E-state index contributed by atoms with van der Waals surface area (Å²) in [6.45, 7) is 2.03. The Morgan fingerprint density at radius 2 is 1.69 bits per heavy atom. The Morgan fingerprint density at radius 3 is 2.42 bits per heavy atom. The fourth-order valence-electron chi connectivity index (χ4n) is 3.37. The summed E-state index contributed by atoms with van der Waals surface area (Å²) < 4.78 is 8.43. The Morgan fingerprint density at radius 1 is 1.00 bits per heavy atom. The summed E-state index contributed by atoms with van der Waals surface area (Å²) in [7, 11) is 2.05. The molecule has 0 radical (unpaired) electrons. The first-order chi connectivity index (χ1) is 12.1. The van der Waals surface area contributed by atoms with Crippen LogP contribution in [0.2, 0.25) is 0 Å². The number of rotatable bonds is 5. The quantitative estimate of drug-likeness (QED) is 0.501. The average Bonchev–Trinajstić information content (AvgIpc) is 3.17. The van der Waals surface area contributed by atoms with E-state index < -0.39 is 5.54 Å². The minimum Gasteiger partial charge on any atom is -0.453 e. The van der Waals surface area contributed by atoms with Crippen molar-refractivity contribution in [3.05, 3.63) is 48.0 Å². The molecule has 0 unspecified atom stereocenters. The zero-order valence-electron chi connectivity index (χ0n) is 14.8. The Kier molecular flexibility index (Phi) is 4.99. The second-order valence-corrected chi connectivity index (χ2v) is 6.88. The van der Waals surface area contributed by atoms with Gasteiger partial charge in [0.15, 0.2) is 5.58 Å². The van der Waals surface area contributed by atoms with Gasteiger partial charge in [-0.25, -0.2) is 0 Å². The largest absolute Gasteiger partial charge is 0.453 e. The lowest BCUT2D eigenvalue weighted by atomic mass is 10.0. The molecular weight excluding hydrogens is 352 g/mol. The molecule has 0 fully saturated rings. The summed E-state index contributed by atoms with van der Waals surface area (Å²) in [5.41, 5.74) is 4.26. The van der Waals surface area contributed by atoms with Crippen LogP contribution in [0.25, 0.3) is 33.0 Å². The number of aromatic nitrogens is 1. The van der Waals surface area contributed by atoms with Gasteiger partial charge < -0.3 is 24.5 Å². The number of aliphatic hydroxyl groups excluding tert-OH is 2. The van der Waals surface area contributed by atoms with E-state index in [2.05, 4.69) is 35.1 Å². The second kappa shape index (κ2) is 6.93. The van der Waals surface area contributed by atoms with Crippen LogP contribution in [0.4, 0.5) is 0 Å². The molecule has 0 aliphatic carbocycles. The molecule has 138 valence electrons. The van der Waals surface area contributed by atoms with Gasteiger partial charge in [0, 0.05) is 29.9 Å². The van der Waals surface area contributed by atoms with Crippen LogP contribution >= 0.6 is 12.4 Å². The maximum Gasteiger partial charge on any atom is 0.161 e. The standard InChI is InChI=1S/C20H22N2O3.ClH/c1-20(11-23,12-24)21-10-13-6-5-8-15-17-19(25-18(13)15)14-7-3-4-9-16(14)22(17)2;/h3-9,21,23-24H,10-12H2,1-2H3;1H. The van der Waals surface area contributed by atoms with Crippen molar-refractivity contribution in [1.29, 1.82) is 0 Å². The summed E-state index contributed by atoms with van der Waals surface area (Å²) >= 11 is 0. The summed E-state index contributed by atoms with van der Waals surface area (Å²) in [6, 6.07) is 14.3. The highest BCUT2D eigenvalue weighted by molar-refractivity contribution is 6.15. The van der Waals surface area contributed by atoms with E-state index in [0.717, 1.165) is 38.5 Å². The lowest BCUT2D eigenvalue weighted by Gasteiger charge is -2.26. The van der Waals surface area contributed by atoms with Crippen LogP contribution in [-0.2, 0) is 13.6 Å². The summed E-state index contributed by atoms with van der Waals surface area (Å²) in [4.78, 5) is 0. The molecule has 4 aromatic rings. The van der Waals surface area contributed by atoms with E-state index in [0.29, 0.717) is 6.54 Å². The summed E-state index contributed by atoms with van der Waals surface area (Å²) in [5.74, 6) is 0. The number of furan rings is 1. The molecular formula is C20H23ClN2O3. The molecule has 3 N–H and O–H groups in total. The smallest absolute Gasteiger partial charge is 0.161 e. The van der Waals surface area contributed by atoms with Gasteiger partial charge in [-0.1, -0.05) is 24.3 Å². The van der Waals surface area contributed by atoms with Crippen molar-refractivity contribution in [3.8, 4) is 0 Å². The molecule has 2 heterocycles. The topological polar surface area (TPSA) is 70.6 Å². The highest BCUT2D eigenvalue weighted by Gasteiger charge is 2.23. The SMILES string of the molecule is Cl.Cn1c2ccccc2c2oc3c(CNC(C)(CO)CO)cccc3c21. The molecule has 0 spiro atoms. The zero-order valence-corrected chi connectivity index (χ0v) is 15.6. The fourth-order valence-corrected chi connectivity index (χ4v) is 3.37. The van der Waals surface area contributed by atoms with Gasteiger partial charge in [0.2, 0.25) is 0 Å². The second-order valence-electron chi connectivity index (χ2n) is 6.88. The number of halogens is 1. The van der Waals surface area contributed by atoms with Gasteiger partial charge in [-0.05, 0) is 25.1 Å². The molecule has 0 saturated carbocycles. The van der Waals surface area contributed by atoms with Gasteiger partial charge in [0.05, 0.1) is 29.8 Å². The molecule has 26 heavy (non-hydrogen) atoms. The number of hydrogen-bond donors (Lipinski definition) is 3. The molecule has 2 aromatic heterocycles. The zero-order chi connectivity index (χ0) is 17.6. The van der Waals surface area contributed by atoms with Crippen molar-refractivity contribution in [3.63, 3.8) is 0 Å². The van der Waals surface area contributed by atoms with E-state index >= 15 is 0 Å². The predicted molar refractivity (Wildman–Crippen MR) is 107 cm³/mol. The highest BCUT2D eigenvalue weighted by Crippen LogP contribution is 2.37. The number of fused-ring (bicyclic) bond motifs is 5. The number of nitrogens with one attached hydrogen (secondary N) is 1. The van der Waals surface area contributed by atoms with E-state index in [4.69, 9.17) is 4.42 Å². The molecule has 5 nitrogen and oxygen atoms in total. The van der Waals surface area contributed by atoms with Crippen LogP contribution in [0.5, 0.6) is 0 Å². The van der Waals surface area contributed by atoms with Crippen LogP contribution in [0, 0.1) is 0 Å². The van der Waals surface area contributed by atoms with Gasteiger partial charge in [-0.2, -0.15) is 0 Å². The maximum absolute atomic E-state index is 9.46. The van der Waals surface area contributed by atoms with Crippen molar-refractivity contribution in [2.45, 2.75) is 19.0 Å². The molecule has 0 aliphatic heterocycles. The van der Waals surface area contributed by atoms with Gasteiger partial charge in [-0.15, -0.1) is 12.4 Å². The third-order valence-corrected chi connectivity index (χ3v) is 5.02. The lowest BCUT2D eigenvalue weighted by Crippen LogP contribution is -2.48. The maximum atomic E-state index is 9.46. The number of aliphatic hydroxyl groups is 2. The average molecular weight is 375 g/mol. The third kappa shape index (κ3) is 2.77. The minimum absolute atomic E-state index is 0. The van der Waals surface area contributed by atoms with E-state index in [-0.39, 0.29) is 25.6 Å². The van der Waals surface area contributed by atoms with E-state index in [1.54, 1.807) is 6.92 Å². The Bertz CT molecular complexity index is 1060. The number of para-hydroxylation sites is 2. The molecule has 0 saturated heterocycles. The van der Waals surface area contributed by atoms with Crippen molar-refractivity contribution in [2.75, 3.05) is 13.2 Å². The Balaban J connectivity index is 0.00000196. The summed E-state index contributed by atoms with van der Waals surface area (Å²) in [5, 5.41) is 24.3. The van der Waals surface area contributed by atoms with Gasteiger partial charge in [0.25, 0.3) is 0 Å². The first-order valence-corrected chi connectivity index (χ1v) is 8.42. The molecule has 4 rings (SSSR count). The number of hydrogen-bond acceptors (Lipinski definition) is 4. The van der Waals surface area contributed by atoms with Crippen LogP contribution < -0.4 is 5.32 Å². The van der Waals surface area contributed by atoms with Crippen LogP contribution in [0.3, 0.4) is 0 Å². The van der Waals surface area contributed by atoms with Crippen molar-refractivity contribution in [1.82, 2.24) is 9.88 Å². The lowest BCUT2D eigenvalue weighted by molar-refractivity contribution is 0.103. The van der Waals surface area contributed by atoms with Crippen LogP contribution in [0.15, 0.2) is 46.9 Å². The number of aryl methyl sites for hydroxylation is 1. The molecule has 0 atom stereocenters. The predicted octanol–water partition coefficient (Wildman–Crippen LogP) is 3.33. The van der Waals surface area contributed by atoms with E-state index in [1.807, 2.05) is 24.3 Å². The molecule has 0 aliphatic rings. The van der Waals surface area contributed by atoms with E-state index in [1.165, 1.54) is 0 Å².